The molecule has 1 nitrogen and oxygen atoms in total. The van der Waals surface area contributed by atoms with Gasteiger partial charge in [-0.1, -0.05) is 22.0 Å². The molecule has 1 aromatic rings. The number of hydrogen-bond donors (Lipinski definition) is 0. The van der Waals surface area contributed by atoms with Crippen molar-refractivity contribution in [2.45, 2.75) is 24.3 Å². The van der Waals surface area contributed by atoms with Crippen LogP contribution in [0, 0.1) is 6.92 Å². The van der Waals surface area contributed by atoms with E-state index in [9.17, 15) is 13.2 Å². The summed E-state index contributed by atoms with van der Waals surface area (Å²) in [4.78, 5) is 2.38. The van der Waals surface area contributed by atoms with Crippen molar-refractivity contribution < 1.29 is 13.2 Å². The summed E-state index contributed by atoms with van der Waals surface area (Å²) in [6, 6.07) is 3.35. The highest BCUT2D eigenvalue weighted by Crippen LogP contribution is 2.28. The quantitative estimate of drug-likeness (QED) is 0.750. The Morgan fingerprint density at radius 1 is 1.43 bits per heavy atom. The van der Waals surface area contributed by atoms with Crippen molar-refractivity contribution in [2.24, 2.45) is 0 Å². The minimum absolute atomic E-state index is 0.135. The van der Waals surface area contributed by atoms with Gasteiger partial charge in [0.25, 0.3) is 0 Å². The maximum Gasteiger partial charge on any atom is 0.401 e. The Balaban J connectivity index is 2.65. The van der Waals surface area contributed by atoms with Gasteiger partial charge in [-0.2, -0.15) is 13.2 Å². The summed E-state index contributed by atoms with van der Waals surface area (Å²) in [5, 5.41) is 0. The highest BCUT2D eigenvalue weighted by Gasteiger charge is 2.37. The van der Waals surface area contributed by atoms with Crippen LogP contribution in [-0.4, -0.2) is 16.0 Å². The van der Waals surface area contributed by atoms with Gasteiger partial charge in [-0.25, -0.2) is 0 Å². The van der Waals surface area contributed by atoms with Crippen LogP contribution in [0.25, 0.3) is 0 Å². The van der Waals surface area contributed by atoms with Crippen molar-refractivity contribution in [3.63, 3.8) is 0 Å². The van der Waals surface area contributed by atoms with Crippen LogP contribution < -0.4 is 0 Å². The van der Waals surface area contributed by atoms with Crippen molar-refractivity contribution in [1.82, 2.24) is 4.98 Å². The van der Waals surface area contributed by atoms with Crippen LogP contribution in [0.2, 0.25) is 0 Å². The summed E-state index contributed by atoms with van der Waals surface area (Å²) in [6.45, 7) is 1.84. The normalized spacial score (nSPS) is 14.1. The van der Waals surface area contributed by atoms with Gasteiger partial charge in [0.15, 0.2) is 0 Å². The molecule has 0 radical (unpaired) electrons. The second-order valence-corrected chi connectivity index (χ2v) is 4.15. The minimum atomic E-state index is -4.22. The number of aryl methyl sites for hydroxylation is 1. The van der Waals surface area contributed by atoms with Crippen LogP contribution in [0.15, 0.2) is 18.3 Å². The maximum atomic E-state index is 12.1. The van der Waals surface area contributed by atoms with Crippen LogP contribution in [0.4, 0.5) is 13.2 Å². The third-order valence-corrected chi connectivity index (χ3v) is 2.56. The van der Waals surface area contributed by atoms with Gasteiger partial charge in [-0.15, -0.1) is 0 Å². The third-order valence-electron chi connectivity index (χ3n) is 1.72. The van der Waals surface area contributed by atoms with E-state index in [-0.39, 0.29) is 6.42 Å². The molecular weight excluding hydrogens is 259 g/mol. The molecule has 1 rings (SSSR count). The maximum absolute atomic E-state index is 12.1. The molecule has 5 heteroatoms. The zero-order valence-corrected chi connectivity index (χ0v) is 9.06. The lowest BCUT2D eigenvalue weighted by Crippen LogP contribution is -2.25. The minimum Gasteiger partial charge on any atom is -0.261 e. The van der Waals surface area contributed by atoms with E-state index in [4.69, 9.17) is 0 Å². The van der Waals surface area contributed by atoms with Crippen LogP contribution in [0.3, 0.4) is 0 Å². The van der Waals surface area contributed by atoms with Crippen LogP contribution in [-0.2, 0) is 6.42 Å². The molecule has 0 amide bonds. The van der Waals surface area contributed by atoms with Gasteiger partial charge in [-0.3, -0.25) is 4.98 Å². The molecule has 14 heavy (non-hydrogen) atoms. The summed E-state index contributed by atoms with van der Waals surface area (Å²) < 4.78 is 36.4. The summed E-state index contributed by atoms with van der Waals surface area (Å²) in [7, 11) is 0. The van der Waals surface area contributed by atoms with Crippen molar-refractivity contribution in [3.05, 3.63) is 29.6 Å². The van der Waals surface area contributed by atoms with Crippen LogP contribution in [0.5, 0.6) is 0 Å². The highest BCUT2D eigenvalue weighted by molar-refractivity contribution is 9.09. The second-order valence-electron chi connectivity index (χ2n) is 3.04. The fourth-order valence-corrected chi connectivity index (χ4v) is 1.25. The average molecular weight is 268 g/mol. The summed E-state index contributed by atoms with van der Waals surface area (Å²) >= 11 is 2.59. The first-order chi connectivity index (χ1) is 6.39. The Hall–Kier alpha value is -0.580. The first kappa shape index (κ1) is 11.5. The SMILES string of the molecule is Cc1ccc(CC(Br)C(F)(F)F)nc1. The zero-order chi connectivity index (χ0) is 10.8. The number of rotatable bonds is 2. The lowest BCUT2D eigenvalue weighted by Gasteiger charge is -2.13. The molecule has 0 fully saturated rings. The number of aromatic nitrogens is 1. The summed E-state index contributed by atoms with van der Waals surface area (Å²) in [6.07, 6.45) is -2.79. The standard InChI is InChI=1S/C9H9BrF3N/c1-6-2-3-7(14-5-6)4-8(10)9(11,12)13/h2-3,5,8H,4H2,1H3. The smallest absolute Gasteiger partial charge is 0.261 e. The van der Waals surface area contributed by atoms with E-state index < -0.39 is 11.0 Å². The number of nitrogens with zero attached hydrogens (tertiary/aromatic N) is 1. The van der Waals surface area contributed by atoms with Crippen LogP contribution >= 0.6 is 15.9 Å². The first-order valence-electron chi connectivity index (χ1n) is 4.02. The molecular formula is C9H9BrF3N. The topological polar surface area (TPSA) is 12.9 Å². The lowest BCUT2D eigenvalue weighted by molar-refractivity contribution is -0.126. The van der Waals surface area contributed by atoms with Gasteiger partial charge >= 0.3 is 6.18 Å². The molecule has 0 spiro atoms. The molecule has 0 aliphatic rings. The predicted octanol–water partition coefficient (Wildman–Crippen LogP) is 3.26. The van der Waals surface area contributed by atoms with E-state index in [0.29, 0.717) is 5.69 Å². The second kappa shape index (κ2) is 4.29. The molecule has 78 valence electrons. The first-order valence-corrected chi connectivity index (χ1v) is 4.93. The molecule has 0 aromatic carbocycles. The van der Waals surface area contributed by atoms with E-state index in [1.165, 1.54) is 0 Å². The van der Waals surface area contributed by atoms with E-state index in [1.54, 1.807) is 18.3 Å². The van der Waals surface area contributed by atoms with Gasteiger partial charge in [0.05, 0.1) is 0 Å². The van der Waals surface area contributed by atoms with Crippen molar-refractivity contribution in [1.29, 1.82) is 0 Å². The molecule has 0 aliphatic heterocycles. The molecule has 0 saturated heterocycles. The van der Waals surface area contributed by atoms with E-state index in [2.05, 4.69) is 20.9 Å². The van der Waals surface area contributed by atoms with Crippen molar-refractivity contribution in [3.8, 4) is 0 Å². The molecule has 1 heterocycles. The van der Waals surface area contributed by atoms with E-state index in [0.717, 1.165) is 5.56 Å². The van der Waals surface area contributed by atoms with Crippen LogP contribution in [0.1, 0.15) is 11.3 Å². The van der Waals surface area contributed by atoms with E-state index in [1.807, 2.05) is 6.92 Å². The molecule has 1 aromatic heterocycles. The molecule has 0 aliphatic carbocycles. The number of alkyl halides is 4. The van der Waals surface area contributed by atoms with Gasteiger partial charge in [-0.05, 0) is 18.6 Å². The Kier molecular flexibility index (Phi) is 3.53. The van der Waals surface area contributed by atoms with E-state index >= 15 is 0 Å². The Labute approximate surface area is 88.5 Å². The Morgan fingerprint density at radius 3 is 2.50 bits per heavy atom. The molecule has 1 atom stereocenters. The highest BCUT2D eigenvalue weighted by atomic mass is 79.9. The number of pyridine rings is 1. The Morgan fingerprint density at radius 2 is 2.07 bits per heavy atom. The number of hydrogen-bond acceptors (Lipinski definition) is 1. The average Bonchev–Trinajstić information content (AvgIpc) is 2.07. The van der Waals surface area contributed by atoms with Gasteiger partial charge < -0.3 is 0 Å². The fraction of sp³-hybridized carbons (Fsp3) is 0.444. The van der Waals surface area contributed by atoms with Crippen molar-refractivity contribution in [2.75, 3.05) is 0 Å². The predicted molar refractivity (Wildman–Crippen MR) is 51.4 cm³/mol. The van der Waals surface area contributed by atoms with Gasteiger partial charge in [0, 0.05) is 18.3 Å². The zero-order valence-electron chi connectivity index (χ0n) is 7.48. The lowest BCUT2D eigenvalue weighted by atomic mass is 10.2. The monoisotopic (exact) mass is 267 g/mol. The molecule has 0 saturated carbocycles. The Bertz CT molecular complexity index is 294. The summed E-state index contributed by atoms with van der Waals surface area (Å²) in [5.41, 5.74) is 1.38. The summed E-state index contributed by atoms with van der Waals surface area (Å²) in [5.74, 6) is 0. The number of halogens is 4. The molecule has 0 bridgehead atoms. The molecule has 1 unspecified atom stereocenters. The van der Waals surface area contributed by atoms with Crippen molar-refractivity contribution >= 4 is 15.9 Å². The fourth-order valence-electron chi connectivity index (χ4n) is 0.919. The largest absolute Gasteiger partial charge is 0.401 e. The van der Waals surface area contributed by atoms with Gasteiger partial charge in [0.2, 0.25) is 0 Å². The molecule has 0 N–H and O–H groups in total. The van der Waals surface area contributed by atoms with Gasteiger partial charge in [0.1, 0.15) is 4.83 Å². The third kappa shape index (κ3) is 3.29.